The van der Waals surface area contributed by atoms with Crippen molar-refractivity contribution in [3.8, 4) is 0 Å². The van der Waals surface area contributed by atoms with Crippen molar-refractivity contribution < 1.29 is 19.1 Å². The van der Waals surface area contributed by atoms with Crippen molar-refractivity contribution in [2.24, 2.45) is 5.92 Å². The third-order valence-electron chi connectivity index (χ3n) is 4.60. The van der Waals surface area contributed by atoms with Crippen LogP contribution in [0.3, 0.4) is 0 Å². The average Bonchev–Trinajstić information content (AvgIpc) is 2.62. The van der Waals surface area contributed by atoms with Gasteiger partial charge in [-0.05, 0) is 42.2 Å². The SMILES string of the molecule is O=C(O)[C@H]1CCC(=O)N(CCc2cccnc2)[C@@H]1c1ccc(F)cc1. The highest BCUT2D eigenvalue weighted by molar-refractivity contribution is 5.81. The Labute approximate surface area is 145 Å². The minimum Gasteiger partial charge on any atom is -0.481 e. The number of halogens is 1. The van der Waals surface area contributed by atoms with Crippen LogP contribution >= 0.6 is 0 Å². The van der Waals surface area contributed by atoms with Crippen LogP contribution in [0.25, 0.3) is 0 Å². The van der Waals surface area contributed by atoms with E-state index in [4.69, 9.17) is 0 Å². The first-order chi connectivity index (χ1) is 12.1. The van der Waals surface area contributed by atoms with Gasteiger partial charge in [-0.2, -0.15) is 0 Å². The van der Waals surface area contributed by atoms with Crippen LogP contribution in [-0.2, 0) is 16.0 Å². The number of carboxylic acid groups (broad SMARTS) is 1. The quantitative estimate of drug-likeness (QED) is 0.907. The molecule has 0 aliphatic carbocycles. The van der Waals surface area contributed by atoms with Gasteiger partial charge >= 0.3 is 5.97 Å². The van der Waals surface area contributed by atoms with E-state index in [9.17, 15) is 19.1 Å². The average molecular weight is 342 g/mol. The molecule has 1 aliphatic rings. The fraction of sp³-hybridized carbons (Fsp3) is 0.316. The molecule has 1 amide bonds. The Morgan fingerprint density at radius 1 is 1.28 bits per heavy atom. The molecule has 25 heavy (non-hydrogen) atoms. The molecule has 130 valence electrons. The highest BCUT2D eigenvalue weighted by Gasteiger charge is 2.40. The van der Waals surface area contributed by atoms with Crippen LogP contribution < -0.4 is 0 Å². The van der Waals surface area contributed by atoms with E-state index in [1.165, 1.54) is 12.1 Å². The van der Waals surface area contributed by atoms with E-state index in [0.29, 0.717) is 24.9 Å². The minimum absolute atomic E-state index is 0.0734. The van der Waals surface area contributed by atoms with E-state index >= 15 is 0 Å². The Hall–Kier alpha value is -2.76. The monoisotopic (exact) mass is 342 g/mol. The van der Waals surface area contributed by atoms with Gasteiger partial charge in [0.2, 0.25) is 5.91 Å². The van der Waals surface area contributed by atoms with Crippen LogP contribution in [0.4, 0.5) is 4.39 Å². The van der Waals surface area contributed by atoms with Gasteiger partial charge in [0.25, 0.3) is 0 Å². The lowest BCUT2D eigenvalue weighted by Gasteiger charge is -2.40. The topological polar surface area (TPSA) is 70.5 Å². The number of likely N-dealkylation sites (tertiary alicyclic amines) is 1. The van der Waals surface area contributed by atoms with Crippen LogP contribution in [0.2, 0.25) is 0 Å². The van der Waals surface area contributed by atoms with E-state index in [1.54, 1.807) is 29.4 Å². The molecule has 1 fully saturated rings. The second-order valence-corrected chi connectivity index (χ2v) is 6.18. The molecule has 1 aliphatic heterocycles. The van der Waals surface area contributed by atoms with Gasteiger partial charge in [0.15, 0.2) is 0 Å². The van der Waals surface area contributed by atoms with Crippen molar-refractivity contribution in [2.75, 3.05) is 6.54 Å². The van der Waals surface area contributed by atoms with Crippen molar-refractivity contribution in [1.82, 2.24) is 9.88 Å². The molecule has 2 atom stereocenters. The first kappa shape index (κ1) is 17.1. The number of aromatic nitrogens is 1. The molecule has 2 aromatic rings. The van der Waals surface area contributed by atoms with Gasteiger partial charge in [-0.15, -0.1) is 0 Å². The van der Waals surface area contributed by atoms with Gasteiger partial charge in [-0.25, -0.2) is 4.39 Å². The van der Waals surface area contributed by atoms with E-state index in [2.05, 4.69) is 4.98 Å². The summed E-state index contributed by atoms with van der Waals surface area (Å²) in [5.74, 6) is -2.10. The van der Waals surface area contributed by atoms with Gasteiger partial charge in [0.05, 0.1) is 12.0 Å². The molecule has 0 unspecified atom stereocenters. The molecule has 1 N–H and O–H groups in total. The van der Waals surface area contributed by atoms with Crippen LogP contribution in [0.1, 0.15) is 30.0 Å². The molecule has 5 nitrogen and oxygen atoms in total. The molecule has 3 rings (SSSR count). The smallest absolute Gasteiger partial charge is 0.308 e. The summed E-state index contributed by atoms with van der Waals surface area (Å²) in [5.41, 5.74) is 1.62. The lowest BCUT2D eigenvalue weighted by molar-refractivity contribution is -0.152. The van der Waals surface area contributed by atoms with E-state index in [1.807, 2.05) is 12.1 Å². The van der Waals surface area contributed by atoms with Crippen molar-refractivity contribution in [2.45, 2.75) is 25.3 Å². The number of carbonyl (C=O) groups is 2. The first-order valence-electron chi connectivity index (χ1n) is 8.23. The maximum absolute atomic E-state index is 13.2. The Kier molecular flexibility index (Phi) is 5.07. The Bertz CT molecular complexity index is 749. The number of carboxylic acids is 1. The summed E-state index contributed by atoms with van der Waals surface area (Å²) in [4.78, 5) is 29.9. The van der Waals surface area contributed by atoms with Gasteiger partial charge in [0.1, 0.15) is 5.82 Å². The molecule has 0 bridgehead atoms. The van der Waals surface area contributed by atoms with Crippen LogP contribution in [0, 0.1) is 11.7 Å². The molecular weight excluding hydrogens is 323 g/mol. The number of amides is 1. The summed E-state index contributed by atoms with van der Waals surface area (Å²) in [7, 11) is 0. The van der Waals surface area contributed by atoms with E-state index in [-0.39, 0.29) is 18.1 Å². The molecule has 0 spiro atoms. The van der Waals surface area contributed by atoms with Crippen LogP contribution in [0.15, 0.2) is 48.8 Å². The maximum atomic E-state index is 13.2. The number of pyridine rings is 1. The number of benzene rings is 1. The standard InChI is InChI=1S/C19H19FN2O3/c20-15-5-3-14(4-6-15)18-16(19(24)25)7-8-17(23)22(18)11-9-13-2-1-10-21-12-13/h1-6,10,12,16,18H,7-9,11H2,(H,24,25)/t16-,18+/m0/s1. The molecule has 0 radical (unpaired) electrons. The second kappa shape index (κ2) is 7.42. The number of aliphatic carboxylic acids is 1. The van der Waals surface area contributed by atoms with Gasteiger partial charge in [-0.3, -0.25) is 14.6 Å². The third-order valence-corrected chi connectivity index (χ3v) is 4.60. The zero-order valence-corrected chi connectivity index (χ0v) is 13.6. The Balaban J connectivity index is 1.88. The summed E-state index contributed by atoms with van der Waals surface area (Å²) < 4.78 is 13.2. The Morgan fingerprint density at radius 2 is 2.04 bits per heavy atom. The van der Waals surface area contributed by atoms with E-state index in [0.717, 1.165) is 5.56 Å². The maximum Gasteiger partial charge on any atom is 0.308 e. The van der Waals surface area contributed by atoms with Crippen molar-refractivity contribution in [1.29, 1.82) is 0 Å². The number of piperidine rings is 1. The predicted molar refractivity (Wildman–Crippen MR) is 89.2 cm³/mol. The second-order valence-electron chi connectivity index (χ2n) is 6.18. The zero-order valence-electron chi connectivity index (χ0n) is 13.6. The van der Waals surface area contributed by atoms with Gasteiger partial charge in [0, 0.05) is 25.4 Å². The summed E-state index contributed by atoms with van der Waals surface area (Å²) in [6.45, 7) is 0.399. The predicted octanol–water partition coefficient (Wildman–Crippen LogP) is 2.83. The highest BCUT2D eigenvalue weighted by atomic mass is 19.1. The van der Waals surface area contributed by atoms with Crippen LogP contribution in [0.5, 0.6) is 0 Å². The summed E-state index contributed by atoms with van der Waals surface area (Å²) in [6.07, 6.45) is 4.50. The Morgan fingerprint density at radius 3 is 2.68 bits per heavy atom. The summed E-state index contributed by atoms with van der Waals surface area (Å²) in [5, 5.41) is 9.59. The minimum atomic E-state index is -0.937. The summed E-state index contributed by atoms with van der Waals surface area (Å²) >= 11 is 0. The lowest BCUT2D eigenvalue weighted by Crippen LogP contribution is -2.46. The lowest BCUT2D eigenvalue weighted by atomic mass is 9.84. The number of hydrogen-bond acceptors (Lipinski definition) is 3. The molecule has 1 aromatic carbocycles. The molecular formula is C19H19FN2O3. The number of nitrogens with zero attached hydrogens (tertiary/aromatic N) is 2. The molecule has 0 saturated carbocycles. The number of hydrogen-bond donors (Lipinski definition) is 1. The van der Waals surface area contributed by atoms with Gasteiger partial charge < -0.3 is 10.0 Å². The first-order valence-corrected chi connectivity index (χ1v) is 8.23. The molecule has 1 aromatic heterocycles. The van der Waals surface area contributed by atoms with Crippen LogP contribution in [-0.4, -0.2) is 33.4 Å². The third kappa shape index (κ3) is 3.84. The van der Waals surface area contributed by atoms with Crippen molar-refractivity contribution in [3.05, 3.63) is 65.7 Å². The highest BCUT2D eigenvalue weighted by Crippen LogP contribution is 2.37. The van der Waals surface area contributed by atoms with E-state index < -0.39 is 17.9 Å². The normalized spacial score (nSPS) is 20.5. The van der Waals surface area contributed by atoms with Gasteiger partial charge in [-0.1, -0.05) is 18.2 Å². The zero-order chi connectivity index (χ0) is 17.8. The fourth-order valence-electron chi connectivity index (χ4n) is 3.34. The molecule has 6 heteroatoms. The fourth-order valence-corrected chi connectivity index (χ4v) is 3.34. The van der Waals surface area contributed by atoms with Crippen molar-refractivity contribution in [3.63, 3.8) is 0 Å². The molecule has 2 heterocycles. The largest absolute Gasteiger partial charge is 0.481 e. The summed E-state index contributed by atoms with van der Waals surface area (Å²) in [6, 6.07) is 8.88. The molecule has 1 saturated heterocycles. The van der Waals surface area contributed by atoms with Crippen molar-refractivity contribution >= 4 is 11.9 Å². The number of carbonyl (C=O) groups excluding carboxylic acids is 1. The number of rotatable bonds is 5.